The van der Waals surface area contributed by atoms with E-state index < -0.39 is 31.7 Å². The van der Waals surface area contributed by atoms with Crippen LogP contribution in [0.4, 0.5) is 17.1 Å². The van der Waals surface area contributed by atoms with Crippen LogP contribution in [0, 0.1) is 17.9 Å². The van der Waals surface area contributed by atoms with Gasteiger partial charge in [0.1, 0.15) is 11.9 Å². The van der Waals surface area contributed by atoms with Crippen LogP contribution in [0.25, 0.3) is 22.0 Å². The van der Waals surface area contributed by atoms with Crippen molar-refractivity contribution in [2.24, 2.45) is 0 Å². The SMILES string of the molecule is [C-]#[N+]c1cc2c(cc1Cl)N(CC)\C(=C/C=C/C=C/c1n(CC)c3cc(Cl)c(C#N)cc3[n+]1CCCS(=O)(=O)[O-])N2CCCS(=O)(=O)[O-].[Na+]. The minimum atomic E-state index is -4.42. The fraction of sp³-hybridized carbons (Fsp3) is 0.323. The molecule has 0 amide bonds. The number of nitrogens with zero attached hydrogens (tertiary/aromatic N) is 6. The first kappa shape index (κ1) is 39.5. The number of allylic oxidation sites excluding steroid dienone is 4. The number of halogens is 2. The van der Waals surface area contributed by atoms with Gasteiger partial charge in [0, 0.05) is 47.8 Å². The smallest absolute Gasteiger partial charge is 0.748 e. The Balaban J connectivity index is 0.00000625. The van der Waals surface area contributed by atoms with Gasteiger partial charge in [0.2, 0.25) is 5.69 Å². The maximum atomic E-state index is 11.3. The molecule has 0 radical (unpaired) electrons. The maximum absolute atomic E-state index is 11.3. The van der Waals surface area contributed by atoms with E-state index in [1.165, 1.54) is 0 Å². The fourth-order valence-electron chi connectivity index (χ4n) is 5.55. The second-order valence-corrected chi connectivity index (χ2v) is 14.3. The predicted molar refractivity (Wildman–Crippen MR) is 180 cm³/mol. The molecule has 1 aromatic heterocycles. The number of nitriles is 1. The van der Waals surface area contributed by atoms with Gasteiger partial charge in [0.05, 0.1) is 61.9 Å². The molecule has 17 heteroatoms. The van der Waals surface area contributed by atoms with Gasteiger partial charge in [-0.2, -0.15) is 5.26 Å². The number of aryl methyl sites for hydroxylation is 2. The number of fused-ring (bicyclic) bond motifs is 2. The molecule has 0 unspecified atom stereocenters. The van der Waals surface area contributed by atoms with Gasteiger partial charge in [0.15, 0.2) is 11.0 Å². The van der Waals surface area contributed by atoms with Crippen LogP contribution in [-0.2, 0) is 33.3 Å². The zero-order valence-electron chi connectivity index (χ0n) is 26.6. The quantitative estimate of drug-likeness (QED) is 0.0843. The third kappa shape index (κ3) is 9.21. The normalized spacial score (nSPS) is 14.2. The molecule has 0 aliphatic carbocycles. The Morgan fingerprint density at radius 2 is 1.60 bits per heavy atom. The van der Waals surface area contributed by atoms with E-state index in [2.05, 4.69) is 10.9 Å². The van der Waals surface area contributed by atoms with Crippen LogP contribution in [0.3, 0.4) is 0 Å². The van der Waals surface area contributed by atoms with Crippen LogP contribution >= 0.6 is 23.2 Å². The molecule has 0 atom stereocenters. The van der Waals surface area contributed by atoms with Crippen molar-refractivity contribution in [3.05, 3.63) is 87.2 Å². The second kappa shape index (κ2) is 16.7. The van der Waals surface area contributed by atoms with Crippen molar-refractivity contribution in [1.82, 2.24) is 4.57 Å². The molecular formula is C31H31Cl2N6NaO6S2. The van der Waals surface area contributed by atoms with E-state index in [1.54, 1.807) is 42.5 Å². The zero-order chi connectivity index (χ0) is 34.5. The molecular weight excluding hydrogens is 710 g/mol. The van der Waals surface area contributed by atoms with E-state index in [9.17, 15) is 31.2 Å². The summed E-state index contributed by atoms with van der Waals surface area (Å²) in [6.07, 6.45) is 9.14. The number of hydrogen-bond donors (Lipinski definition) is 0. The van der Waals surface area contributed by atoms with Gasteiger partial charge in [-0.3, -0.25) is 0 Å². The van der Waals surface area contributed by atoms with E-state index in [0.29, 0.717) is 35.9 Å². The molecule has 2 heterocycles. The summed E-state index contributed by atoms with van der Waals surface area (Å²) in [7, 11) is -8.83. The van der Waals surface area contributed by atoms with Gasteiger partial charge in [-0.05, 0) is 44.9 Å². The molecule has 0 saturated heterocycles. The summed E-state index contributed by atoms with van der Waals surface area (Å²) in [5.41, 5.74) is 3.33. The summed E-state index contributed by atoms with van der Waals surface area (Å²) in [6.45, 7) is 12.8. The molecule has 248 valence electrons. The molecule has 2 aromatic carbocycles. The predicted octanol–water partition coefficient (Wildman–Crippen LogP) is 2.31. The van der Waals surface area contributed by atoms with Crippen molar-refractivity contribution in [2.45, 2.75) is 39.8 Å². The maximum Gasteiger partial charge on any atom is 1.00 e. The van der Waals surface area contributed by atoms with Crippen molar-refractivity contribution >= 4 is 77.6 Å². The Labute approximate surface area is 312 Å². The Bertz CT molecular complexity index is 2100. The van der Waals surface area contributed by atoms with E-state index in [-0.39, 0.29) is 76.8 Å². The molecule has 0 spiro atoms. The molecule has 48 heavy (non-hydrogen) atoms. The monoisotopic (exact) mass is 740 g/mol. The molecule has 0 fully saturated rings. The van der Waals surface area contributed by atoms with Crippen LogP contribution in [-0.4, -0.2) is 55.1 Å². The van der Waals surface area contributed by atoms with Gasteiger partial charge in [0.25, 0.3) is 5.82 Å². The number of anilines is 2. The van der Waals surface area contributed by atoms with Crippen LogP contribution in [0.1, 0.15) is 38.1 Å². The number of benzene rings is 2. The summed E-state index contributed by atoms with van der Waals surface area (Å²) >= 11 is 12.7. The van der Waals surface area contributed by atoms with Crippen molar-refractivity contribution in [2.75, 3.05) is 34.4 Å². The summed E-state index contributed by atoms with van der Waals surface area (Å²) in [5, 5.41) is 10.1. The van der Waals surface area contributed by atoms with Crippen LogP contribution in [0.5, 0.6) is 0 Å². The van der Waals surface area contributed by atoms with Crippen molar-refractivity contribution in [3.63, 3.8) is 0 Å². The molecule has 1 aliphatic heterocycles. The van der Waals surface area contributed by atoms with Crippen molar-refractivity contribution in [3.8, 4) is 6.07 Å². The minimum Gasteiger partial charge on any atom is -0.748 e. The first-order valence-electron chi connectivity index (χ1n) is 14.6. The summed E-state index contributed by atoms with van der Waals surface area (Å²) < 4.78 is 71.6. The van der Waals surface area contributed by atoms with Crippen LogP contribution in [0.15, 0.2) is 54.4 Å². The summed E-state index contributed by atoms with van der Waals surface area (Å²) in [4.78, 5) is 7.31. The first-order valence-corrected chi connectivity index (χ1v) is 18.5. The zero-order valence-corrected chi connectivity index (χ0v) is 31.7. The average molecular weight is 742 g/mol. The Hall–Kier alpha value is -2.89. The van der Waals surface area contributed by atoms with E-state index in [1.807, 2.05) is 44.9 Å². The molecule has 0 bridgehead atoms. The van der Waals surface area contributed by atoms with Gasteiger partial charge in [-0.25, -0.2) is 30.8 Å². The molecule has 4 rings (SSSR count). The molecule has 12 nitrogen and oxygen atoms in total. The first-order chi connectivity index (χ1) is 22.2. The van der Waals surface area contributed by atoms with Gasteiger partial charge in [-0.1, -0.05) is 41.4 Å². The van der Waals surface area contributed by atoms with E-state index in [0.717, 1.165) is 11.2 Å². The third-order valence-corrected chi connectivity index (χ3v) is 9.71. The molecule has 0 N–H and O–H groups in total. The average Bonchev–Trinajstić information content (AvgIpc) is 3.44. The fourth-order valence-corrected chi connectivity index (χ4v) is 6.92. The standard InChI is InChI=1S/C31H32Cl2N6O6S2.Na/c1-4-36-27-18-23(32)22(21-34)17-26(27)38(13-9-15-46(40,41)42)30(36)11-7-6-8-12-31-37(5-2)28-19-24(33)25(35-3)20-29(28)39(31)14-10-16-47(43,44)45;/h6-8,11-12,17-20H,4-5,9-10,13-16H2,1-2H3,(H-,40,41,42,43,44,45);/q;+1/p-1. The Morgan fingerprint density at radius 1 is 0.938 bits per heavy atom. The van der Waals surface area contributed by atoms with Crippen LogP contribution < -0.4 is 43.9 Å². The number of imidazole rings is 1. The summed E-state index contributed by atoms with van der Waals surface area (Å²) in [6, 6.07) is 8.73. The van der Waals surface area contributed by atoms with Gasteiger partial charge < -0.3 is 18.9 Å². The van der Waals surface area contributed by atoms with Gasteiger partial charge >= 0.3 is 29.6 Å². The van der Waals surface area contributed by atoms with Crippen molar-refractivity contribution in [1.29, 1.82) is 5.26 Å². The van der Waals surface area contributed by atoms with E-state index >= 15 is 0 Å². The Kier molecular flexibility index (Phi) is 13.7. The molecule has 0 saturated carbocycles. The number of aromatic nitrogens is 2. The Morgan fingerprint density at radius 3 is 2.21 bits per heavy atom. The molecule has 3 aromatic rings. The van der Waals surface area contributed by atoms with Crippen LogP contribution in [0.2, 0.25) is 10.0 Å². The minimum absolute atomic E-state index is 0. The van der Waals surface area contributed by atoms with Crippen molar-refractivity contribution < 1.29 is 60.1 Å². The number of rotatable bonds is 13. The van der Waals surface area contributed by atoms with E-state index in [4.69, 9.17) is 29.8 Å². The second-order valence-electron chi connectivity index (χ2n) is 10.5. The molecule has 1 aliphatic rings. The largest absolute Gasteiger partial charge is 1.00 e. The number of hydrogen-bond acceptors (Lipinski definition) is 9. The topological polar surface area (TPSA) is 158 Å². The van der Waals surface area contributed by atoms with Gasteiger partial charge in [-0.15, -0.1) is 0 Å². The third-order valence-electron chi connectivity index (χ3n) is 7.52. The summed E-state index contributed by atoms with van der Waals surface area (Å²) in [5.74, 6) is 0.320.